The number of methoxy groups -OCH3 is 1. The van der Waals surface area contributed by atoms with Gasteiger partial charge in [0.1, 0.15) is 18.1 Å². The number of hydrogen-bond acceptors (Lipinski definition) is 8. The first-order chi connectivity index (χ1) is 13.5. The maximum absolute atomic E-state index is 11.6. The number of benzene rings is 2. The van der Waals surface area contributed by atoms with Crippen LogP contribution in [0.5, 0.6) is 11.5 Å². The highest BCUT2D eigenvalue weighted by atomic mass is 16.6. The summed E-state index contributed by atoms with van der Waals surface area (Å²) >= 11 is 0. The molecule has 9 nitrogen and oxygen atoms in total. The lowest BCUT2D eigenvalue weighted by molar-refractivity contribution is -0.145. The maximum Gasteiger partial charge on any atom is 0.304 e. The van der Waals surface area contributed by atoms with Crippen LogP contribution >= 0.6 is 0 Å². The molecule has 0 amide bonds. The zero-order valence-corrected chi connectivity index (χ0v) is 15.6. The Labute approximate surface area is 162 Å². The Morgan fingerprint density at radius 1 is 1.25 bits per heavy atom. The number of rotatable bonds is 9. The molecule has 0 heterocycles. The molecule has 9 heteroatoms. The second kappa shape index (κ2) is 10.0. The first-order valence-corrected chi connectivity index (χ1v) is 8.41. The van der Waals surface area contributed by atoms with Gasteiger partial charge in [-0.05, 0) is 36.4 Å². The van der Waals surface area contributed by atoms with Crippen LogP contribution in [0.4, 0.5) is 5.69 Å². The number of carbonyl (C=O) groups excluding carboxylic acids is 1. The number of amidine groups is 1. The van der Waals surface area contributed by atoms with E-state index in [1.54, 1.807) is 42.5 Å². The summed E-state index contributed by atoms with van der Waals surface area (Å²) in [5.41, 5.74) is 7.27. The number of nitrogens with two attached hydrogens (primary N) is 1. The van der Waals surface area contributed by atoms with Crippen molar-refractivity contribution in [3.63, 3.8) is 0 Å². The molecule has 0 saturated heterocycles. The maximum atomic E-state index is 11.6. The molecule has 0 saturated carbocycles. The summed E-state index contributed by atoms with van der Waals surface area (Å²) in [7, 11) is 1.52. The number of hydrogen-bond donors (Lipinski definition) is 4. The van der Waals surface area contributed by atoms with Crippen molar-refractivity contribution in [2.75, 3.05) is 25.6 Å². The van der Waals surface area contributed by atoms with Crippen LogP contribution in [-0.2, 0) is 9.53 Å². The van der Waals surface area contributed by atoms with Gasteiger partial charge in [-0.1, -0.05) is 5.16 Å². The number of esters is 1. The van der Waals surface area contributed by atoms with E-state index < -0.39 is 12.2 Å². The van der Waals surface area contributed by atoms with Crippen molar-refractivity contribution in [1.29, 1.82) is 0 Å². The molecule has 0 aromatic heterocycles. The van der Waals surface area contributed by atoms with E-state index in [9.17, 15) is 4.79 Å². The van der Waals surface area contributed by atoms with Crippen LogP contribution in [0.2, 0.25) is 0 Å². The van der Waals surface area contributed by atoms with Gasteiger partial charge in [-0.25, -0.2) is 0 Å². The fraction of sp³-hybridized carbons (Fsp3) is 0.263. The molecule has 0 fully saturated rings. The minimum absolute atomic E-state index is 0.0158. The van der Waals surface area contributed by atoms with Crippen LogP contribution in [0.1, 0.15) is 24.3 Å². The molecule has 2 rings (SSSR count). The number of aliphatic hydroxyl groups excluding tert-OH is 1. The standard InChI is InChI=1S/C19H23N3O6/c1-12(24)28-19(21-14-5-3-13(4-6-14)18(20)22-25)16-8-7-15(26-2)11-17(16)27-10-9-23/h3-8,11,19,21,23,25H,9-10H2,1-2H3,(H2,20,22). The molecule has 150 valence electrons. The summed E-state index contributed by atoms with van der Waals surface area (Å²) in [5.74, 6) is 0.453. The van der Waals surface area contributed by atoms with Crippen LogP contribution < -0.4 is 20.5 Å². The smallest absolute Gasteiger partial charge is 0.304 e. The Kier molecular flexibility index (Phi) is 7.46. The van der Waals surface area contributed by atoms with E-state index in [1.807, 2.05) is 0 Å². The molecule has 0 radical (unpaired) electrons. The third-order valence-corrected chi connectivity index (χ3v) is 3.72. The van der Waals surface area contributed by atoms with Gasteiger partial charge in [-0.2, -0.15) is 0 Å². The van der Waals surface area contributed by atoms with Crippen molar-refractivity contribution in [2.45, 2.75) is 13.2 Å². The second-order valence-electron chi connectivity index (χ2n) is 5.67. The number of anilines is 1. The highest BCUT2D eigenvalue weighted by molar-refractivity contribution is 5.97. The van der Waals surface area contributed by atoms with Crippen molar-refractivity contribution < 1.29 is 29.3 Å². The van der Waals surface area contributed by atoms with E-state index in [2.05, 4.69) is 10.5 Å². The molecule has 0 aliphatic heterocycles. The van der Waals surface area contributed by atoms with Crippen LogP contribution in [0.25, 0.3) is 0 Å². The van der Waals surface area contributed by atoms with Gasteiger partial charge in [-0.15, -0.1) is 0 Å². The molecule has 0 spiro atoms. The zero-order valence-electron chi connectivity index (χ0n) is 15.6. The van der Waals surface area contributed by atoms with Crippen LogP contribution in [0.3, 0.4) is 0 Å². The number of nitrogens with one attached hydrogen (secondary N) is 1. The van der Waals surface area contributed by atoms with Crippen LogP contribution in [0, 0.1) is 0 Å². The van der Waals surface area contributed by atoms with Crippen molar-refractivity contribution in [3.8, 4) is 11.5 Å². The molecule has 2 aromatic carbocycles. The molecule has 1 unspecified atom stereocenters. The average molecular weight is 389 g/mol. The molecule has 2 aromatic rings. The highest BCUT2D eigenvalue weighted by Crippen LogP contribution is 2.32. The predicted octanol–water partition coefficient (Wildman–Crippen LogP) is 1.83. The van der Waals surface area contributed by atoms with Crippen molar-refractivity contribution in [1.82, 2.24) is 0 Å². The van der Waals surface area contributed by atoms with Crippen molar-refractivity contribution in [2.24, 2.45) is 10.9 Å². The van der Waals surface area contributed by atoms with Gasteiger partial charge in [0.05, 0.1) is 19.3 Å². The summed E-state index contributed by atoms with van der Waals surface area (Å²) in [6.45, 7) is 1.20. The van der Waals surface area contributed by atoms with Crippen molar-refractivity contribution >= 4 is 17.5 Å². The van der Waals surface area contributed by atoms with E-state index in [1.165, 1.54) is 14.0 Å². The fourth-order valence-electron chi connectivity index (χ4n) is 2.42. The number of ether oxygens (including phenoxy) is 3. The third kappa shape index (κ3) is 5.52. The lowest BCUT2D eigenvalue weighted by Crippen LogP contribution is -2.19. The fourth-order valence-corrected chi connectivity index (χ4v) is 2.42. The molecular weight excluding hydrogens is 366 g/mol. The lowest BCUT2D eigenvalue weighted by atomic mass is 10.1. The van der Waals surface area contributed by atoms with E-state index in [4.69, 9.17) is 30.3 Å². The first-order valence-electron chi connectivity index (χ1n) is 8.41. The quantitative estimate of drug-likeness (QED) is 0.127. The number of carbonyl (C=O) groups is 1. The SMILES string of the molecule is COc1ccc(C(Nc2ccc(C(N)=NO)cc2)OC(C)=O)c(OCCO)c1. The first kappa shape index (κ1) is 20.8. The summed E-state index contributed by atoms with van der Waals surface area (Å²) in [6, 6.07) is 11.8. The van der Waals surface area contributed by atoms with E-state index >= 15 is 0 Å². The molecule has 1 atom stereocenters. The predicted molar refractivity (Wildman–Crippen MR) is 103 cm³/mol. The molecule has 0 bridgehead atoms. The number of aliphatic hydroxyl groups is 1. The molecule has 0 aliphatic carbocycles. The Balaban J connectivity index is 2.34. The van der Waals surface area contributed by atoms with E-state index in [-0.39, 0.29) is 19.0 Å². The van der Waals surface area contributed by atoms with Gasteiger partial charge in [0.25, 0.3) is 0 Å². The zero-order chi connectivity index (χ0) is 20.5. The van der Waals surface area contributed by atoms with E-state index in [0.717, 1.165) is 0 Å². The van der Waals surface area contributed by atoms with Crippen LogP contribution in [0.15, 0.2) is 47.6 Å². The second-order valence-corrected chi connectivity index (χ2v) is 5.67. The third-order valence-electron chi connectivity index (χ3n) is 3.72. The number of nitrogens with zero attached hydrogens (tertiary/aromatic N) is 1. The lowest BCUT2D eigenvalue weighted by Gasteiger charge is -2.23. The Hall–Kier alpha value is -3.46. The van der Waals surface area contributed by atoms with Gasteiger partial charge in [0.2, 0.25) is 6.23 Å². The average Bonchev–Trinajstić information content (AvgIpc) is 2.71. The summed E-state index contributed by atoms with van der Waals surface area (Å²) in [4.78, 5) is 11.6. The summed E-state index contributed by atoms with van der Waals surface area (Å²) < 4.78 is 16.2. The Bertz CT molecular complexity index is 823. The molecular formula is C19H23N3O6. The van der Waals surface area contributed by atoms with Gasteiger partial charge < -0.3 is 35.6 Å². The summed E-state index contributed by atoms with van der Waals surface area (Å²) in [5, 5.41) is 23.8. The molecule has 0 aliphatic rings. The Morgan fingerprint density at radius 3 is 2.54 bits per heavy atom. The summed E-state index contributed by atoms with van der Waals surface area (Å²) in [6.07, 6.45) is -0.855. The van der Waals surface area contributed by atoms with Gasteiger partial charge in [0, 0.05) is 24.2 Å². The minimum atomic E-state index is -0.855. The van der Waals surface area contributed by atoms with Crippen LogP contribution in [-0.4, -0.2) is 42.4 Å². The Morgan fingerprint density at radius 2 is 1.96 bits per heavy atom. The minimum Gasteiger partial charge on any atom is -0.497 e. The molecule has 5 N–H and O–H groups in total. The van der Waals surface area contributed by atoms with Gasteiger partial charge in [-0.3, -0.25) is 4.79 Å². The van der Waals surface area contributed by atoms with Crippen molar-refractivity contribution in [3.05, 3.63) is 53.6 Å². The van der Waals surface area contributed by atoms with Gasteiger partial charge in [0.15, 0.2) is 5.84 Å². The topological polar surface area (TPSA) is 136 Å². The van der Waals surface area contributed by atoms with Gasteiger partial charge >= 0.3 is 5.97 Å². The number of oxime groups is 1. The highest BCUT2D eigenvalue weighted by Gasteiger charge is 2.20. The van der Waals surface area contributed by atoms with E-state index in [0.29, 0.717) is 28.3 Å². The molecule has 28 heavy (non-hydrogen) atoms. The largest absolute Gasteiger partial charge is 0.497 e. The monoisotopic (exact) mass is 389 g/mol. The normalized spacial score (nSPS) is 12.2.